The number of hydrogen-bond donors (Lipinski definition) is 0. The van der Waals surface area contributed by atoms with Crippen molar-refractivity contribution in [1.82, 2.24) is 0 Å². The van der Waals surface area contributed by atoms with E-state index in [0.717, 1.165) is 0 Å². The highest BCUT2D eigenvalue weighted by molar-refractivity contribution is 5.93. The minimum absolute atomic E-state index is 0.0598. The molecule has 0 N–H and O–H groups in total. The first kappa shape index (κ1) is 12.8. The number of fused-ring (bicyclic) bond motifs is 2. The van der Waals surface area contributed by atoms with E-state index in [9.17, 15) is 9.59 Å². The summed E-state index contributed by atoms with van der Waals surface area (Å²) in [6, 6.07) is 0. The molecule has 98 valence electrons. The van der Waals surface area contributed by atoms with Crippen LogP contribution in [0.25, 0.3) is 0 Å². The van der Waals surface area contributed by atoms with E-state index in [-0.39, 0.29) is 11.9 Å². The van der Waals surface area contributed by atoms with Crippen molar-refractivity contribution in [2.75, 3.05) is 20.3 Å². The third-order valence-electron chi connectivity index (χ3n) is 3.25. The summed E-state index contributed by atoms with van der Waals surface area (Å²) >= 11 is 0. The average molecular weight is 252 g/mol. The molecule has 0 aromatic carbocycles. The molecule has 0 aromatic heterocycles. The van der Waals surface area contributed by atoms with Gasteiger partial charge < -0.3 is 14.2 Å². The van der Waals surface area contributed by atoms with Gasteiger partial charge in [0.1, 0.15) is 6.10 Å². The molecule has 2 heterocycles. The molecule has 2 bridgehead atoms. The number of rotatable bonds is 5. The van der Waals surface area contributed by atoms with Crippen molar-refractivity contribution in [1.29, 1.82) is 0 Å². The van der Waals surface area contributed by atoms with Gasteiger partial charge in [0.15, 0.2) is 0 Å². The van der Waals surface area contributed by atoms with Gasteiger partial charge in [-0.25, -0.2) is 4.79 Å². The molecule has 1 saturated heterocycles. The van der Waals surface area contributed by atoms with Crippen LogP contribution in [0, 0.1) is 11.8 Å². The SMILES string of the molecule is C=CCOC[C@@H]1C[C@@H]2OC(=O)[C@H]1C=C2C(=O)OC. The lowest BCUT2D eigenvalue weighted by atomic mass is 9.77. The summed E-state index contributed by atoms with van der Waals surface area (Å²) in [5.74, 6) is -1.06. The summed E-state index contributed by atoms with van der Waals surface area (Å²) in [5.41, 5.74) is 0.446. The Kier molecular flexibility index (Phi) is 3.81. The van der Waals surface area contributed by atoms with E-state index in [1.807, 2.05) is 0 Å². The van der Waals surface area contributed by atoms with Gasteiger partial charge in [0.2, 0.25) is 0 Å². The van der Waals surface area contributed by atoms with E-state index in [1.54, 1.807) is 12.2 Å². The van der Waals surface area contributed by atoms with E-state index >= 15 is 0 Å². The summed E-state index contributed by atoms with van der Waals surface area (Å²) < 4.78 is 15.2. The molecule has 0 radical (unpaired) electrons. The van der Waals surface area contributed by atoms with Gasteiger partial charge in [0.25, 0.3) is 0 Å². The monoisotopic (exact) mass is 252 g/mol. The van der Waals surface area contributed by atoms with Gasteiger partial charge >= 0.3 is 11.9 Å². The highest BCUT2D eigenvalue weighted by atomic mass is 16.6. The first-order valence-electron chi connectivity index (χ1n) is 5.86. The first-order chi connectivity index (χ1) is 8.67. The van der Waals surface area contributed by atoms with E-state index < -0.39 is 18.0 Å². The Hall–Kier alpha value is -1.62. The van der Waals surface area contributed by atoms with Gasteiger partial charge in [-0.3, -0.25) is 4.79 Å². The Balaban J connectivity index is 2.08. The van der Waals surface area contributed by atoms with Gasteiger partial charge in [-0.05, 0) is 6.42 Å². The summed E-state index contributed by atoms with van der Waals surface area (Å²) in [5, 5.41) is 0. The van der Waals surface area contributed by atoms with Crippen molar-refractivity contribution in [3.63, 3.8) is 0 Å². The van der Waals surface area contributed by atoms with Crippen LogP contribution in [0.2, 0.25) is 0 Å². The Morgan fingerprint density at radius 1 is 1.67 bits per heavy atom. The van der Waals surface area contributed by atoms with Crippen LogP contribution >= 0.6 is 0 Å². The van der Waals surface area contributed by atoms with Crippen LogP contribution in [0.3, 0.4) is 0 Å². The normalized spacial score (nSPS) is 29.5. The van der Waals surface area contributed by atoms with E-state index in [1.165, 1.54) is 7.11 Å². The van der Waals surface area contributed by atoms with Crippen molar-refractivity contribution in [2.24, 2.45) is 11.8 Å². The molecular weight excluding hydrogens is 236 g/mol. The zero-order chi connectivity index (χ0) is 13.1. The number of carbonyl (C=O) groups is 2. The lowest BCUT2D eigenvalue weighted by Gasteiger charge is -2.38. The molecule has 0 spiro atoms. The van der Waals surface area contributed by atoms with Gasteiger partial charge in [-0.1, -0.05) is 12.2 Å². The van der Waals surface area contributed by atoms with E-state index in [2.05, 4.69) is 11.3 Å². The zero-order valence-electron chi connectivity index (χ0n) is 10.3. The summed E-state index contributed by atoms with van der Waals surface area (Å²) in [4.78, 5) is 23.2. The van der Waals surface area contributed by atoms with Gasteiger partial charge in [0.05, 0.1) is 31.8 Å². The lowest BCUT2D eigenvalue weighted by molar-refractivity contribution is -0.165. The topological polar surface area (TPSA) is 61.8 Å². The fraction of sp³-hybridized carbons (Fsp3) is 0.538. The smallest absolute Gasteiger partial charge is 0.337 e. The predicted molar refractivity (Wildman–Crippen MR) is 62.6 cm³/mol. The van der Waals surface area contributed by atoms with Gasteiger partial charge in [-0.15, -0.1) is 6.58 Å². The molecule has 3 rings (SSSR count). The number of methoxy groups -OCH3 is 1. The van der Waals surface area contributed by atoms with Crippen LogP contribution in [0.1, 0.15) is 6.42 Å². The second kappa shape index (κ2) is 5.35. The highest BCUT2D eigenvalue weighted by Crippen LogP contribution is 2.38. The fourth-order valence-corrected chi connectivity index (χ4v) is 2.37. The molecule has 0 aromatic rings. The summed E-state index contributed by atoms with van der Waals surface area (Å²) in [6.45, 7) is 4.48. The van der Waals surface area contributed by atoms with Crippen LogP contribution < -0.4 is 0 Å². The van der Waals surface area contributed by atoms with Crippen molar-refractivity contribution < 1.29 is 23.8 Å². The quantitative estimate of drug-likeness (QED) is 0.412. The van der Waals surface area contributed by atoms with Crippen LogP contribution in [-0.2, 0) is 23.8 Å². The number of esters is 2. The Morgan fingerprint density at radius 3 is 3.06 bits per heavy atom. The molecule has 0 unspecified atom stereocenters. The third-order valence-corrected chi connectivity index (χ3v) is 3.25. The second-order valence-electron chi connectivity index (χ2n) is 4.39. The molecule has 0 amide bonds. The minimum atomic E-state index is -0.493. The summed E-state index contributed by atoms with van der Waals surface area (Å²) in [7, 11) is 1.32. The third kappa shape index (κ3) is 2.31. The van der Waals surface area contributed by atoms with Gasteiger partial charge in [-0.2, -0.15) is 0 Å². The van der Waals surface area contributed by atoms with Crippen LogP contribution in [0.15, 0.2) is 24.3 Å². The largest absolute Gasteiger partial charge is 0.466 e. The molecule has 2 aliphatic heterocycles. The molecule has 18 heavy (non-hydrogen) atoms. The lowest BCUT2D eigenvalue weighted by Crippen LogP contribution is -2.46. The number of hydrogen-bond acceptors (Lipinski definition) is 5. The molecule has 3 atom stereocenters. The predicted octanol–water partition coefficient (Wildman–Crippen LogP) is 0.850. The maximum absolute atomic E-state index is 11.7. The fourth-order valence-electron chi connectivity index (χ4n) is 2.37. The highest BCUT2D eigenvalue weighted by Gasteiger charge is 2.45. The van der Waals surface area contributed by atoms with Crippen molar-refractivity contribution in [2.45, 2.75) is 12.5 Å². The molecule has 1 fully saturated rings. The molecule has 5 nitrogen and oxygen atoms in total. The van der Waals surface area contributed by atoms with E-state index in [0.29, 0.717) is 25.2 Å². The molecule has 0 saturated carbocycles. The Morgan fingerprint density at radius 2 is 2.44 bits per heavy atom. The van der Waals surface area contributed by atoms with Gasteiger partial charge in [0, 0.05) is 5.92 Å². The average Bonchev–Trinajstić information content (AvgIpc) is 2.38. The maximum atomic E-state index is 11.7. The standard InChI is InChI=1S/C13H16O5/c1-3-4-17-7-8-5-11-10(12(14)16-2)6-9(8)13(15)18-11/h3,6,8-9,11H,1,4-5,7H2,2H3/t8-,9-,11-/m0/s1. The van der Waals surface area contributed by atoms with Crippen LogP contribution in [-0.4, -0.2) is 38.4 Å². The second-order valence-corrected chi connectivity index (χ2v) is 4.39. The number of ether oxygens (including phenoxy) is 3. The Bertz CT molecular complexity index is 398. The molecule has 1 aliphatic carbocycles. The zero-order valence-corrected chi connectivity index (χ0v) is 10.3. The molecule has 5 heteroatoms. The number of carbonyl (C=O) groups excluding carboxylic acids is 2. The van der Waals surface area contributed by atoms with Crippen molar-refractivity contribution >= 4 is 11.9 Å². The molecule has 3 aliphatic rings. The molecular formula is C13H16O5. The maximum Gasteiger partial charge on any atom is 0.337 e. The van der Waals surface area contributed by atoms with Crippen LogP contribution in [0.5, 0.6) is 0 Å². The van der Waals surface area contributed by atoms with Crippen molar-refractivity contribution in [3.8, 4) is 0 Å². The van der Waals surface area contributed by atoms with E-state index in [4.69, 9.17) is 9.47 Å². The minimum Gasteiger partial charge on any atom is -0.466 e. The first-order valence-corrected chi connectivity index (χ1v) is 5.86. The Labute approximate surface area is 105 Å². The van der Waals surface area contributed by atoms with Crippen molar-refractivity contribution in [3.05, 3.63) is 24.3 Å². The van der Waals surface area contributed by atoms with Crippen LogP contribution in [0.4, 0.5) is 0 Å². The summed E-state index contributed by atoms with van der Waals surface area (Å²) in [6.07, 6.45) is 3.43.